The van der Waals surface area contributed by atoms with Crippen molar-refractivity contribution in [2.24, 2.45) is 0 Å². The lowest BCUT2D eigenvalue weighted by molar-refractivity contribution is 0.639. The monoisotopic (exact) mass is 421 g/mol. The van der Waals surface area contributed by atoms with Gasteiger partial charge in [-0.25, -0.2) is 0 Å². The van der Waals surface area contributed by atoms with Crippen molar-refractivity contribution < 1.29 is 0 Å². The molecule has 1 aromatic heterocycles. The highest BCUT2D eigenvalue weighted by molar-refractivity contribution is 9.13. The van der Waals surface area contributed by atoms with Gasteiger partial charge in [-0.05, 0) is 68.6 Å². The van der Waals surface area contributed by atoms with Crippen LogP contribution in [0.5, 0.6) is 0 Å². The molecular weight excluding hydrogens is 409 g/mol. The van der Waals surface area contributed by atoms with Crippen LogP contribution in [0.3, 0.4) is 0 Å². The zero-order valence-corrected chi connectivity index (χ0v) is 15.4. The molecule has 1 heterocycles. The quantitative estimate of drug-likeness (QED) is 0.642. The van der Waals surface area contributed by atoms with Gasteiger partial charge in [-0.1, -0.05) is 30.7 Å². The van der Waals surface area contributed by atoms with Crippen LogP contribution in [-0.4, -0.2) is 6.54 Å². The maximum Gasteiger partial charge on any atom is 0.0843 e. The molecule has 1 unspecified atom stereocenters. The third kappa shape index (κ3) is 3.61. The minimum atomic E-state index is 0.130. The summed E-state index contributed by atoms with van der Waals surface area (Å²) in [6.45, 7) is 5.05. The third-order valence-electron chi connectivity index (χ3n) is 2.82. The van der Waals surface area contributed by atoms with Crippen LogP contribution in [0.15, 0.2) is 32.5 Å². The maximum atomic E-state index is 6.40. The standard InChI is InChI=1S/C14H14Br2ClNS/c1-3-18-13(12-7-10(15)14(16)19-12)9-5-4-8(2)6-11(9)17/h4-7,13,18H,3H2,1-2H3. The van der Waals surface area contributed by atoms with Crippen LogP contribution in [-0.2, 0) is 0 Å². The molecule has 1 nitrogen and oxygen atoms in total. The van der Waals surface area contributed by atoms with Gasteiger partial charge in [0.15, 0.2) is 0 Å². The molecule has 2 aromatic rings. The van der Waals surface area contributed by atoms with E-state index in [9.17, 15) is 0 Å². The van der Waals surface area contributed by atoms with Gasteiger partial charge in [-0.2, -0.15) is 0 Å². The lowest BCUT2D eigenvalue weighted by Gasteiger charge is -2.18. The number of halogens is 3. The Balaban J connectivity index is 2.44. The van der Waals surface area contributed by atoms with Crippen LogP contribution < -0.4 is 5.32 Å². The molecular formula is C14H14Br2ClNS. The molecule has 2 rings (SSSR count). The minimum Gasteiger partial charge on any atom is -0.306 e. The van der Waals surface area contributed by atoms with E-state index >= 15 is 0 Å². The van der Waals surface area contributed by atoms with Crippen molar-refractivity contribution in [3.8, 4) is 0 Å². The van der Waals surface area contributed by atoms with E-state index in [1.807, 2.05) is 6.07 Å². The molecule has 1 aromatic carbocycles. The Labute approximate surface area is 139 Å². The third-order valence-corrected chi connectivity index (χ3v) is 6.47. The summed E-state index contributed by atoms with van der Waals surface area (Å²) in [4.78, 5) is 1.24. The number of rotatable bonds is 4. The Kier molecular flexibility index (Phi) is 5.49. The number of hydrogen-bond acceptors (Lipinski definition) is 2. The van der Waals surface area contributed by atoms with Gasteiger partial charge < -0.3 is 5.32 Å². The summed E-state index contributed by atoms with van der Waals surface area (Å²) in [5.74, 6) is 0. The first kappa shape index (κ1) is 15.5. The first-order chi connectivity index (χ1) is 9.02. The second-order valence-electron chi connectivity index (χ2n) is 4.29. The summed E-state index contributed by atoms with van der Waals surface area (Å²) in [6.07, 6.45) is 0. The van der Waals surface area contributed by atoms with Gasteiger partial charge in [0.1, 0.15) is 0 Å². The van der Waals surface area contributed by atoms with E-state index in [0.29, 0.717) is 0 Å². The summed E-state index contributed by atoms with van der Waals surface area (Å²) >= 11 is 15.2. The van der Waals surface area contributed by atoms with Gasteiger partial charge in [0.2, 0.25) is 0 Å². The van der Waals surface area contributed by atoms with E-state index in [0.717, 1.165) is 25.4 Å². The van der Waals surface area contributed by atoms with Crippen LogP contribution in [0.25, 0.3) is 0 Å². The summed E-state index contributed by atoms with van der Waals surface area (Å²) in [5.41, 5.74) is 2.30. The summed E-state index contributed by atoms with van der Waals surface area (Å²) < 4.78 is 2.19. The summed E-state index contributed by atoms with van der Waals surface area (Å²) in [7, 11) is 0. The van der Waals surface area contributed by atoms with Crippen molar-refractivity contribution in [1.29, 1.82) is 0 Å². The minimum absolute atomic E-state index is 0.130. The van der Waals surface area contributed by atoms with Crippen LogP contribution >= 0.6 is 54.8 Å². The van der Waals surface area contributed by atoms with Gasteiger partial charge >= 0.3 is 0 Å². The highest BCUT2D eigenvalue weighted by Crippen LogP contribution is 2.39. The fourth-order valence-electron chi connectivity index (χ4n) is 1.94. The van der Waals surface area contributed by atoms with E-state index < -0.39 is 0 Å². The van der Waals surface area contributed by atoms with E-state index in [-0.39, 0.29) is 6.04 Å². The molecule has 0 aliphatic rings. The fraction of sp³-hybridized carbons (Fsp3) is 0.286. The Bertz CT molecular complexity index is 563. The first-order valence-electron chi connectivity index (χ1n) is 5.97. The van der Waals surface area contributed by atoms with Crippen LogP contribution in [0.2, 0.25) is 5.02 Å². The predicted octanol–water partition coefficient (Wildman–Crippen LogP) is 5.93. The SMILES string of the molecule is CCNC(c1cc(Br)c(Br)s1)c1ccc(C)cc1Cl. The van der Waals surface area contributed by atoms with E-state index in [1.54, 1.807) is 11.3 Å². The number of thiophene rings is 1. The smallest absolute Gasteiger partial charge is 0.0843 e. The molecule has 0 fully saturated rings. The molecule has 0 amide bonds. The Morgan fingerprint density at radius 3 is 2.58 bits per heavy atom. The Morgan fingerprint density at radius 2 is 2.05 bits per heavy atom. The Hall–Kier alpha value is 0.130. The lowest BCUT2D eigenvalue weighted by atomic mass is 10.0. The topological polar surface area (TPSA) is 12.0 Å². The van der Waals surface area contributed by atoms with Gasteiger partial charge in [0, 0.05) is 14.4 Å². The highest BCUT2D eigenvalue weighted by atomic mass is 79.9. The number of nitrogens with one attached hydrogen (secondary N) is 1. The van der Waals surface area contributed by atoms with Gasteiger partial charge in [0.05, 0.1) is 9.83 Å². The molecule has 1 N–H and O–H groups in total. The zero-order chi connectivity index (χ0) is 14.0. The second kappa shape index (κ2) is 6.72. The second-order valence-corrected chi connectivity index (χ2v) is 7.95. The fourth-order valence-corrected chi connectivity index (χ4v) is 4.47. The zero-order valence-electron chi connectivity index (χ0n) is 10.6. The Morgan fingerprint density at radius 1 is 1.32 bits per heavy atom. The highest BCUT2D eigenvalue weighted by Gasteiger charge is 2.19. The van der Waals surface area contributed by atoms with Crippen LogP contribution in [0, 0.1) is 6.92 Å². The predicted molar refractivity (Wildman–Crippen MR) is 91.4 cm³/mol. The number of benzene rings is 1. The molecule has 0 bridgehead atoms. The van der Waals surface area contributed by atoms with Crippen molar-refractivity contribution in [1.82, 2.24) is 5.32 Å². The van der Waals surface area contributed by atoms with Crippen molar-refractivity contribution in [2.75, 3.05) is 6.54 Å². The van der Waals surface area contributed by atoms with E-state index in [1.165, 1.54) is 10.4 Å². The molecule has 0 saturated carbocycles. The first-order valence-corrected chi connectivity index (χ1v) is 8.75. The van der Waals surface area contributed by atoms with Gasteiger partial charge in [-0.3, -0.25) is 0 Å². The lowest BCUT2D eigenvalue weighted by Crippen LogP contribution is -2.21. The molecule has 5 heteroatoms. The van der Waals surface area contributed by atoms with Crippen LogP contribution in [0.4, 0.5) is 0 Å². The average Bonchev–Trinajstić information content (AvgIpc) is 2.67. The normalized spacial score (nSPS) is 12.7. The molecule has 0 saturated heterocycles. The van der Waals surface area contributed by atoms with Gasteiger partial charge in [0.25, 0.3) is 0 Å². The van der Waals surface area contributed by atoms with Crippen LogP contribution in [0.1, 0.15) is 29.0 Å². The molecule has 0 spiro atoms. The maximum absolute atomic E-state index is 6.40. The molecule has 0 aliphatic carbocycles. The van der Waals surface area contributed by atoms with Gasteiger partial charge in [-0.15, -0.1) is 11.3 Å². The van der Waals surface area contributed by atoms with Crippen molar-refractivity contribution in [2.45, 2.75) is 19.9 Å². The van der Waals surface area contributed by atoms with Crippen molar-refractivity contribution in [3.05, 3.63) is 53.6 Å². The number of aryl methyl sites for hydroxylation is 1. The van der Waals surface area contributed by atoms with E-state index in [4.69, 9.17) is 11.6 Å². The average molecular weight is 424 g/mol. The van der Waals surface area contributed by atoms with Crippen molar-refractivity contribution >= 4 is 54.8 Å². The van der Waals surface area contributed by atoms with E-state index in [2.05, 4.69) is 69.2 Å². The molecule has 102 valence electrons. The summed E-state index contributed by atoms with van der Waals surface area (Å²) in [6, 6.07) is 8.48. The molecule has 0 aliphatic heterocycles. The summed E-state index contributed by atoms with van der Waals surface area (Å²) in [5, 5.41) is 4.31. The largest absolute Gasteiger partial charge is 0.306 e. The number of hydrogen-bond donors (Lipinski definition) is 1. The molecule has 0 radical (unpaired) electrons. The van der Waals surface area contributed by atoms with Crippen molar-refractivity contribution in [3.63, 3.8) is 0 Å². The molecule has 1 atom stereocenters. The molecule has 19 heavy (non-hydrogen) atoms.